The Labute approximate surface area is 190 Å². The van der Waals surface area contributed by atoms with Gasteiger partial charge in [-0.15, -0.1) is 11.3 Å². The number of halogens is 3. The zero-order valence-corrected chi connectivity index (χ0v) is 19.1. The molecule has 0 saturated heterocycles. The minimum absolute atomic E-state index is 0.120. The summed E-state index contributed by atoms with van der Waals surface area (Å²) in [6.07, 6.45) is -0.279. The van der Waals surface area contributed by atoms with Crippen molar-refractivity contribution in [3.05, 3.63) is 45.0 Å². The third-order valence-corrected chi connectivity index (χ3v) is 7.63. The van der Waals surface area contributed by atoms with Crippen molar-refractivity contribution in [2.75, 3.05) is 6.54 Å². The number of aromatic nitrogens is 2. The number of hydrogen-bond donors (Lipinski definition) is 1. The van der Waals surface area contributed by atoms with E-state index in [2.05, 4.69) is 11.9 Å². The van der Waals surface area contributed by atoms with E-state index in [1.807, 2.05) is 5.32 Å². The van der Waals surface area contributed by atoms with Crippen LogP contribution in [0.15, 0.2) is 32.8 Å². The molecule has 3 heterocycles. The highest BCUT2D eigenvalue weighted by atomic mass is 32.2. The highest BCUT2D eigenvalue weighted by Crippen LogP contribution is 2.37. The van der Waals surface area contributed by atoms with E-state index in [0.29, 0.717) is 21.9 Å². The fourth-order valence-electron chi connectivity index (χ4n) is 3.74. The molecule has 172 valence electrons. The van der Waals surface area contributed by atoms with Crippen LogP contribution >= 0.6 is 23.1 Å². The predicted octanol–water partition coefficient (Wildman–Crippen LogP) is 4.38. The lowest BCUT2D eigenvalue weighted by Gasteiger charge is -2.18. The topological polar surface area (TPSA) is 77.1 Å². The number of nitrogens with zero attached hydrogens (tertiary/aromatic N) is 2. The number of carbonyl (C=O) groups is 1. The van der Waals surface area contributed by atoms with Crippen molar-refractivity contribution >= 4 is 39.2 Å². The zero-order chi connectivity index (χ0) is 23.0. The average molecular weight is 486 g/mol. The van der Waals surface area contributed by atoms with Crippen LogP contribution in [0.5, 0.6) is 0 Å². The van der Waals surface area contributed by atoms with Gasteiger partial charge in [0.25, 0.3) is 5.56 Å². The molecular weight excluding hydrogens is 463 g/mol. The van der Waals surface area contributed by atoms with Crippen LogP contribution in [-0.4, -0.2) is 33.4 Å². The second-order valence-corrected chi connectivity index (χ2v) is 10.4. The van der Waals surface area contributed by atoms with E-state index in [-0.39, 0.29) is 17.3 Å². The molecule has 2 atom stereocenters. The Balaban J connectivity index is 1.71. The van der Waals surface area contributed by atoms with Crippen molar-refractivity contribution in [1.82, 2.24) is 14.9 Å². The van der Waals surface area contributed by atoms with Crippen LogP contribution in [0.4, 0.5) is 13.2 Å². The number of thioether (sulfide) groups is 1. The number of amides is 1. The number of hydrogen-bond acceptors (Lipinski definition) is 6. The molecule has 2 unspecified atom stereocenters. The molecule has 0 aromatic carbocycles. The van der Waals surface area contributed by atoms with Gasteiger partial charge in [0.1, 0.15) is 17.1 Å². The second kappa shape index (κ2) is 8.93. The largest absolute Gasteiger partial charge is 0.467 e. The normalized spacial score (nSPS) is 17.3. The standard InChI is InChI=1S/C21H22F3N3O3S2/c1-11-5-6-14-15(8-11)32-18-16(14)19(29)27(9-13-4-3-7-30-13)20(26-18)31-12(2)17(28)25-10-21(22,23)24/h3-4,7,11-12H,5-6,8-10H2,1-2H3,(H,25,28). The molecule has 1 N–H and O–H groups in total. The van der Waals surface area contributed by atoms with E-state index in [1.165, 1.54) is 29.1 Å². The van der Waals surface area contributed by atoms with E-state index in [9.17, 15) is 22.8 Å². The first kappa shape index (κ1) is 22.9. The van der Waals surface area contributed by atoms with Gasteiger partial charge in [-0.1, -0.05) is 18.7 Å². The van der Waals surface area contributed by atoms with Gasteiger partial charge in [-0.2, -0.15) is 13.2 Å². The maximum absolute atomic E-state index is 13.5. The molecular formula is C21H22F3N3O3S2. The third kappa shape index (κ3) is 4.88. The van der Waals surface area contributed by atoms with Crippen LogP contribution < -0.4 is 10.9 Å². The summed E-state index contributed by atoms with van der Waals surface area (Å²) in [6.45, 7) is 2.39. The van der Waals surface area contributed by atoms with Gasteiger partial charge in [0.05, 0.1) is 23.4 Å². The molecule has 1 aliphatic carbocycles. The molecule has 4 rings (SSSR count). The summed E-state index contributed by atoms with van der Waals surface area (Å²) >= 11 is 2.45. The van der Waals surface area contributed by atoms with E-state index in [4.69, 9.17) is 4.42 Å². The summed E-state index contributed by atoms with van der Waals surface area (Å²) in [7, 11) is 0. The Bertz CT molecular complexity index is 1190. The van der Waals surface area contributed by atoms with E-state index < -0.39 is 23.9 Å². The molecule has 3 aromatic heterocycles. The maximum atomic E-state index is 13.5. The summed E-state index contributed by atoms with van der Waals surface area (Å²) in [5.41, 5.74) is 0.824. The number of nitrogens with one attached hydrogen (secondary N) is 1. The predicted molar refractivity (Wildman–Crippen MR) is 117 cm³/mol. The molecule has 32 heavy (non-hydrogen) atoms. The molecule has 0 fully saturated rings. The Hall–Kier alpha value is -2.27. The maximum Gasteiger partial charge on any atom is 0.405 e. The second-order valence-electron chi connectivity index (χ2n) is 7.99. The number of furan rings is 1. The van der Waals surface area contributed by atoms with Crippen molar-refractivity contribution < 1.29 is 22.4 Å². The average Bonchev–Trinajstić information content (AvgIpc) is 3.35. The van der Waals surface area contributed by atoms with Crippen molar-refractivity contribution in [3.8, 4) is 0 Å². The Morgan fingerprint density at radius 3 is 2.94 bits per heavy atom. The van der Waals surface area contributed by atoms with Gasteiger partial charge in [0.15, 0.2) is 5.16 Å². The molecule has 1 aliphatic rings. The smallest absolute Gasteiger partial charge is 0.405 e. The van der Waals surface area contributed by atoms with Crippen molar-refractivity contribution in [2.24, 2.45) is 5.92 Å². The van der Waals surface area contributed by atoms with Crippen LogP contribution in [0, 0.1) is 5.92 Å². The van der Waals surface area contributed by atoms with Crippen molar-refractivity contribution in [2.45, 2.75) is 56.2 Å². The summed E-state index contributed by atoms with van der Waals surface area (Å²) in [5.74, 6) is 0.305. The van der Waals surface area contributed by atoms with Crippen LogP contribution in [0.3, 0.4) is 0 Å². The van der Waals surface area contributed by atoms with E-state index in [0.717, 1.165) is 41.5 Å². The van der Waals surface area contributed by atoms with Gasteiger partial charge >= 0.3 is 6.18 Å². The van der Waals surface area contributed by atoms with Crippen LogP contribution in [0.25, 0.3) is 10.2 Å². The molecule has 3 aromatic rings. The SMILES string of the molecule is CC1CCc2c(sc3nc(SC(C)C(=O)NCC(F)(F)F)n(Cc4ccco4)c(=O)c23)C1. The fraction of sp³-hybridized carbons (Fsp3) is 0.476. The molecule has 1 amide bonds. The minimum Gasteiger partial charge on any atom is -0.467 e. The minimum atomic E-state index is -4.49. The van der Waals surface area contributed by atoms with Crippen LogP contribution in [0.2, 0.25) is 0 Å². The summed E-state index contributed by atoms with van der Waals surface area (Å²) in [6, 6.07) is 3.44. The summed E-state index contributed by atoms with van der Waals surface area (Å²) in [5, 5.41) is 1.89. The van der Waals surface area contributed by atoms with Gasteiger partial charge in [-0.3, -0.25) is 14.2 Å². The number of carbonyl (C=O) groups excluding carboxylic acids is 1. The first-order valence-corrected chi connectivity index (χ1v) is 11.9. The van der Waals surface area contributed by atoms with E-state index >= 15 is 0 Å². The Kier molecular flexibility index (Phi) is 6.39. The number of fused-ring (bicyclic) bond motifs is 3. The Morgan fingerprint density at radius 2 is 2.25 bits per heavy atom. The molecule has 0 aliphatic heterocycles. The number of thiophene rings is 1. The zero-order valence-electron chi connectivity index (χ0n) is 17.5. The van der Waals surface area contributed by atoms with Gasteiger partial charge in [-0.25, -0.2) is 4.98 Å². The van der Waals surface area contributed by atoms with Crippen LogP contribution in [-0.2, 0) is 24.2 Å². The van der Waals surface area contributed by atoms with Crippen molar-refractivity contribution in [3.63, 3.8) is 0 Å². The lowest BCUT2D eigenvalue weighted by Crippen LogP contribution is -2.38. The fourth-order valence-corrected chi connectivity index (χ4v) is 6.09. The lowest BCUT2D eigenvalue weighted by molar-refractivity contribution is -0.137. The van der Waals surface area contributed by atoms with Gasteiger partial charge in [0, 0.05) is 4.88 Å². The van der Waals surface area contributed by atoms with Gasteiger partial charge < -0.3 is 9.73 Å². The molecule has 0 saturated carbocycles. The first-order chi connectivity index (χ1) is 15.1. The van der Waals surface area contributed by atoms with E-state index in [1.54, 1.807) is 12.1 Å². The monoisotopic (exact) mass is 485 g/mol. The summed E-state index contributed by atoms with van der Waals surface area (Å²) < 4.78 is 44.2. The molecule has 6 nitrogen and oxygen atoms in total. The third-order valence-electron chi connectivity index (χ3n) is 5.39. The molecule has 11 heteroatoms. The highest BCUT2D eigenvalue weighted by molar-refractivity contribution is 8.00. The van der Waals surface area contributed by atoms with Crippen LogP contribution in [0.1, 0.15) is 36.5 Å². The molecule has 0 spiro atoms. The number of aryl methyl sites for hydroxylation is 1. The highest BCUT2D eigenvalue weighted by Gasteiger charge is 2.30. The van der Waals surface area contributed by atoms with Gasteiger partial charge in [-0.05, 0) is 49.8 Å². The number of alkyl halides is 3. The molecule has 0 bridgehead atoms. The first-order valence-electron chi connectivity index (χ1n) is 10.2. The Morgan fingerprint density at radius 1 is 1.47 bits per heavy atom. The quantitative estimate of drug-likeness (QED) is 0.414. The van der Waals surface area contributed by atoms with Gasteiger partial charge in [0.2, 0.25) is 5.91 Å². The summed E-state index contributed by atoms with van der Waals surface area (Å²) in [4.78, 5) is 32.2. The van der Waals surface area contributed by atoms with Crippen molar-refractivity contribution in [1.29, 1.82) is 0 Å². The lowest BCUT2D eigenvalue weighted by atomic mass is 9.89. The number of rotatable bonds is 6. The molecule has 0 radical (unpaired) electrons.